The molecule has 0 saturated carbocycles. The molecule has 0 heterocycles. The Labute approximate surface area is 127 Å². The molecule has 0 aliphatic heterocycles. The third-order valence-electron chi connectivity index (χ3n) is 2.85. The van der Waals surface area contributed by atoms with Gasteiger partial charge in [0.15, 0.2) is 0 Å². The van der Waals surface area contributed by atoms with Gasteiger partial charge in [0.05, 0.1) is 7.11 Å². The minimum Gasteiger partial charge on any atom is -0.496 e. The molecular formula is C16H26N2O3. The van der Waals surface area contributed by atoms with Crippen LogP contribution in [0.3, 0.4) is 0 Å². The zero-order valence-corrected chi connectivity index (χ0v) is 13.5. The molecule has 1 aromatic carbocycles. The number of nitrogens with one attached hydrogen (secondary N) is 2. The summed E-state index contributed by atoms with van der Waals surface area (Å²) >= 11 is 0. The predicted molar refractivity (Wildman–Crippen MR) is 83.6 cm³/mol. The first-order chi connectivity index (χ1) is 9.83. The van der Waals surface area contributed by atoms with E-state index in [4.69, 9.17) is 9.47 Å². The van der Waals surface area contributed by atoms with Gasteiger partial charge in [-0.2, -0.15) is 0 Å². The molecule has 21 heavy (non-hydrogen) atoms. The van der Waals surface area contributed by atoms with E-state index in [1.54, 1.807) is 7.11 Å². The van der Waals surface area contributed by atoms with E-state index in [-0.39, 0.29) is 6.04 Å². The Hall–Kier alpha value is -1.75. The van der Waals surface area contributed by atoms with Gasteiger partial charge in [-0.15, -0.1) is 0 Å². The number of hydrogen-bond donors (Lipinski definition) is 2. The average molecular weight is 294 g/mol. The summed E-state index contributed by atoms with van der Waals surface area (Å²) in [6.45, 7) is 8.75. The molecule has 0 aliphatic rings. The molecular weight excluding hydrogens is 268 g/mol. The van der Waals surface area contributed by atoms with Gasteiger partial charge in [0.1, 0.15) is 11.4 Å². The van der Waals surface area contributed by atoms with Crippen molar-refractivity contribution in [1.82, 2.24) is 10.6 Å². The summed E-state index contributed by atoms with van der Waals surface area (Å²) < 4.78 is 10.5. The van der Waals surface area contributed by atoms with E-state index in [2.05, 4.69) is 17.6 Å². The first-order valence-corrected chi connectivity index (χ1v) is 7.16. The summed E-state index contributed by atoms with van der Waals surface area (Å²) in [4.78, 5) is 11.5. The number of benzene rings is 1. The largest absolute Gasteiger partial charge is 0.496 e. The highest BCUT2D eigenvalue weighted by Gasteiger charge is 2.15. The molecule has 1 aromatic rings. The molecule has 5 nitrogen and oxygen atoms in total. The van der Waals surface area contributed by atoms with Gasteiger partial charge in [0, 0.05) is 24.7 Å². The molecule has 1 amide bonds. The van der Waals surface area contributed by atoms with E-state index in [0.717, 1.165) is 11.3 Å². The number of ether oxygens (including phenoxy) is 2. The molecule has 1 atom stereocenters. The van der Waals surface area contributed by atoms with Crippen molar-refractivity contribution in [3.05, 3.63) is 29.8 Å². The fraction of sp³-hybridized carbons (Fsp3) is 0.562. The highest BCUT2D eigenvalue weighted by atomic mass is 16.6. The molecule has 0 radical (unpaired) electrons. The Bertz CT molecular complexity index is 455. The summed E-state index contributed by atoms with van der Waals surface area (Å²) in [5.74, 6) is 0.859. The minimum atomic E-state index is -0.470. The van der Waals surface area contributed by atoms with Gasteiger partial charge < -0.3 is 20.1 Å². The number of carbonyl (C=O) groups is 1. The number of amides is 1. The Morgan fingerprint density at radius 2 is 1.90 bits per heavy atom. The Morgan fingerprint density at radius 1 is 1.24 bits per heavy atom. The van der Waals surface area contributed by atoms with Crippen LogP contribution >= 0.6 is 0 Å². The van der Waals surface area contributed by atoms with Gasteiger partial charge in [-0.25, -0.2) is 4.79 Å². The van der Waals surface area contributed by atoms with Crippen molar-refractivity contribution in [3.8, 4) is 5.75 Å². The lowest BCUT2D eigenvalue weighted by atomic mass is 10.1. The van der Waals surface area contributed by atoms with Gasteiger partial charge in [-0.1, -0.05) is 18.2 Å². The van der Waals surface area contributed by atoms with Crippen LogP contribution in [0.5, 0.6) is 5.75 Å². The number of para-hydroxylation sites is 1. The van der Waals surface area contributed by atoms with Crippen LogP contribution in [0.2, 0.25) is 0 Å². The SMILES string of the molecule is COc1ccccc1[C@H](C)NCCNC(=O)OC(C)(C)C. The fourth-order valence-corrected chi connectivity index (χ4v) is 1.90. The van der Waals surface area contributed by atoms with E-state index in [0.29, 0.717) is 13.1 Å². The predicted octanol–water partition coefficient (Wildman–Crippen LogP) is 2.87. The Morgan fingerprint density at radius 3 is 2.52 bits per heavy atom. The molecule has 0 saturated heterocycles. The smallest absolute Gasteiger partial charge is 0.407 e. The summed E-state index contributed by atoms with van der Waals surface area (Å²) in [5, 5.41) is 6.06. The normalized spacial score (nSPS) is 12.6. The quantitative estimate of drug-likeness (QED) is 0.792. The maximum atomic E-state index is 11.5. The Kier molecular flexibility index (Phi) is 6.49. The summed E-state index contributed by atoms with van der Waals surface area (Å²) in [7, 11) is 1.66. The first-order valence-electron chi connectivity index (χ1n) is 7.16. The van der Waals surface area contributed by atoms with Crippen molar-refractivity contribution in [3.63, 3.8) is 0 Å². The van der Waals surface area contributed by atoms with Gasteiger partial charge >= 0.3 is 6.09 Å². The van der Waals surface area contributed by atoms with Crippen LogP contribution in [0.15, 0.2) is 24.3 Å². The summed E-state index contributed by atoms with van der Waals surface area (Å²) in [5.41, 5.74) is 0.625. The third-order valence-corrected chi connectivity index (χ3v) is 2.85. The van der Waals surface area contributed by atoms with E-state index in [9.17, 15) is 4.79 Å². The number of carbonyl (C=O) groups excluding carboxylic acids is 1. The molecule has 2 N–H and O–H groups in total. The van der Waals surface area contributed by atoms with Gasteiger partial charge in [-0.3, -0.25) is 0 Å². The van der Waals surface area contributed by atoms with Crippen LogP contribution < -0.4 is 15.4 Å². The highest BCUT2D eigenvalue weighted by molar-refractivity contribution is 5.67. The first kappa shape index (κ1) is 17.3. The second-order valence-electron chi connectivity index (χ2n) is 5.85. The lowest BCUT2D eigenvalue weighted by Gasteiger charge is -2.20. The number of methoxy groups -OCH3 is 1. The zero-order chi connectivity index (χ0) is 15.9. The van der Waals surface area contributed by atoms with E-state index in [1.807, 2.05) is 45.0 Å². The molecule has 1 rings (SSSR count). The number of alkyl carbamates (subject to hydrolysis) is 1. The number of hydrogen-bond acceptors (Lipinski definition) is 4. The van der Waals surface area contributed by atoms with Crippen LogP contribution in [0, 0.1) is 0 Å². The fourth-order valence-electron chi connectivity index (χ4n) is 1.90. The van der Waals surface area contributed by atoms with Gasteiger partial charge in [-0.05, 0) is 33.8 Å². The van der Waals surface area contributed by atoms with Crippen molar-refractivity contribution >= 4 is 6.09 Å². The molecule has 0 aromatic heterocycles. The van der Waals surface area contributed by atoms with Crippen LogP contribution in [0.1, 0.15) is 39.3 Å². The Balaban J connectivity index is 2.34. The molecule has 5 heteroatoms. The van der Waals surface area contributed by atoms with Crippen LogP contribution in [0.25, 0.3) is 0 Å². The van der Waals surface area contributed by atoms with Crippen molar-refractivity contribution in [1.29, 1.82) is 0 Å². The molecule has 0 unspecified atom stereocenters. The van der Waals surface area contributed by atoms with Crippen molar-refractivity contribution < 1.29 is 14.3 Å². The van der Waals surface area contributed by atoms with Crippen LogP contribution in [-0.2, 0) is 4.74 Å². The lowest BCUT2D eigenvalue weighted by Crippen LogP contribution is -2.36. The van der Waals surface area contributed by atoms with E-state index in [1.165, 1.54) is 0 Å². The third kappa shape index (κ3) is 6.49. The molecule has 0 bridgehead atoms. The van der Waals surface area contributed by atoms with Crippen molar-refractivity contribution in [2.45, 2.75) is 39.3 Å². The lowest BCUT2D eigenvalue weighted by molar-refractivity contribution is 0.0528. The second-order valence-corrected chi connectivity index (χ2v) is 5.85. The molecule has 0 aliphatic carbocycles. The second kappa shape index (κ2) is 7.88. The molecule has 0 fully saturated rings. The topological polar surface area (TPSA) is 59.6 Å². The summed E-state index contributed by atoms with van der Waals surface area (Å²) in [6.07, 6.45) is -0.394. The van der Waals surface area contributed by atoms with E-state index < -0.39 is 11.7 Å². The maximum absolute atomic E-state index is 11.5. The standard InChI is InChI=1S/C16H26N2O3/c1-12(13-8-6-7-9-14(13)20-5)17-10-11-18-15(19)21-16(2,3)4/h6-9,12,17H,10-11H2,1-5H3,(H,18,19)/t12-/m0/s1. The van der Waals surface area contributed by atoms with Crippen LogP contribution in [-0.4, -0.2) is 31.9 Å². The van der Waals surface area contributed by atoms with Crippen molar-refractivity contribution in [2.24, 2.45) is 0 Å². The molecule has 118 valence electrons. The van der Waals surface area contributed by atoms with Crippen LogP contribution in [0.4, 0.5) is 4.79 Å². The van der Waals surface area contributed by atoms with Gasteiger partial charge in [0.25, 0.3) is 0 Å². The monoisotopic (exact) mass is 294 g/mol. The number of rotatable bonds is 6. The zero-order valence-electron chi connectivity index (χ0n) is 13.5. The maximum Gasteiger partial charge on any atom is 0.407 e. The average Bonchev–Trinajstić information content (AvgIpc) is 2.41. The van der Waals surface area contributed by atoms with E-state index >= 15 is 0 Å². The summed E-state index contributed by atoms with van der Waals surface area (Å²) in [6, 6.07) is 8.03. The minimum absolute atomic E-state index is 0.140. The van der Waals surface area contributed by atoms with Crippen molar-refractivity contribution in [2.75, 3.05) is 20.2 Å². The van der Waals surface area contributed by atoms with Gasteiger partial charge in [0.2, 0.25) is 0 Å². The highest BCUT2D eigenvalue weighted by Crippen LogP contribution is 2.23. The molecule has 0 spiro atoms.